The van der Waals surface area contributed by atoms with E-state index in [-0.39, 0.29) is 17.2 Å². The minimum absolute atomic E-state index is 0.0788. The van der Waals surface area contributed by atoms with Crippen molar-refractivity contribution in [3.05, 3.63) is 82.1 Å². The van der Waals surface area contributed by atoms with Gasteiger partial charge in [-0.1, -0.05) is 72.5 Å². The molecular weight excluding hydrogens is 509 g/mol. The third-order valence-corrected chi connectivity index (χ3v) is 9.16. The number of nitrogens with zero attached hydrogens (tertiary/aromatic N) is 3. The Balaban J connectivity index is 1.07. The zero-order valence-electron chi connectivity index (χ0n) is 19.4. The highest BCUT2D eigenvalue weighted by molar-refractivity contribution is 8.23. The van der Waals surface area contributed by atoms with E-state index in [0.29, 0.717) is 17.0 Å². The van der Waals surface area contributed by atoms with Crippen LogP contribution in [0.4, 0.5) is 5.13 Å². The van der Waals surface area contributed by atoms with E-state index < -0.39 is 0 Å². The van der Waals surface area contributed by atoms with Gasteiger partial charge < -0.3 is 14.8 Å². The molecule has 1 fully saturated rings. The second-order valence-electron chi connectivity index (χ2n) is 9.27. The van der Waals surface area contributed by atoms with Gasteiger partial charge in [0.2, 0.25) is 5.91 Å². The Kier molecular flexibility index (Phi) is 6.37. The summed E-state index contributed by atoms with van der Waals surface area (Å²) >= 11 is 8.52. The van der Waals surface area contributed by atoms with Crippen LogP contribution >= 0.6 is 35.3 Å². The lowest BCUT2D eigenvalue weighted by atomic mass is 9.83. The lowest BCUT2D eigenvalue weighted by molar-refractivity contribution is -0.113. The van der Waals surface area contributed by atoms with Crippen LogP contribution in [-0.2, 0) is 11.3 Å². The molecule has 9 heteroatoms. The quantitative estimate of drug-likeness (QED) is 0.365. The summed E-state index contributed by atoms with van der Waals surface area (Å²) < 4.78 is 2.66. The molecule has 2 atom stereocenters. The number of hydrogen-bond donors (Lipinski definition) is 1. The van der Waals surface area contributed by atoms with E-state index in [1.165, 1.54) is 23.1 Å². The molecule has 0 spiro atoms. The Morgan fingerprint density at radius 2 is 1.92 bits per heavy atom. The summed E-state index contributed by atoms with van der Waals surface area (Å²) in [4.78, 5) is 31.8. The predicted molar refractivity (Wildman–Crippen MR) is 152 cm³/mol. The normalized spacial score (nSPS) is 18.6. The smallest absolute Gasteiger partial charge is 0.250 e. The van der Waals surface area contributed by atoms with Gasteiger partial charge in [0.15, 0.2) is 5.13 Å². The molecule has 36 heavy (non-hydrogen) atoms. The van der Waals surface area contributed by atoms with Crippen molar-refractivity contribution in [3.63, 3.8) is 0 Å². The van der Waals surface area contributed by atoms with Gasteiger partial charge in [0.1, 0.15) is 4.32 Å². The summed E-state index contributed by atoms with van der Waals surface area (Å²) in [6.07, 6.45) is 1.08. The molecule has 0 unspecified atom stereocenters. The van der Waals surface area contributed by atoms with Crippen LogP contribution in [0.3, 0.4) is 0 Å². The zero-order valence-corrected chi connectivity index (χ0v) is 21.9. The first-order chi connectivity index (χ1) is 17.5. The van der Waals surface area contributed by atoms with Crippen LogP contribution in [0, 0.1) is 5.92 Å². The largest absolute Gasteiger partial charge is 0.356 e. The number of carbonyl (C=O) groups is 1. The topological polar surface area (TPSA) is 67.2 Å². The molecule has 2 aliphatic rings. The fourth-order valence-corrected chi connectivity index (χ4v) is 7.03. The number of thiocarbonyl (C=S) groups is 1. The van der Waals surface area contributed by atoms with Crippen molar-refractivity contribution in [1.82, 2.24) is 14.5 Å². The van der Waals surface area contributed by atoms with Gasteiger partial charge in [-0.15, -0.1) is 11.3 Å². The van der Waals surface area contributed by atoms with E-state index in [2.05, 4.69) is 45.5 Å². The van der Waals surface area contributed by atoms with E-state index in [4.69, 9.17) is 12.2 Å². The van der Waals surface area contributed by atoms with Gasteiger partial charge in [-0.05, 0) is 29.2 Å². The number of fused-ring (bicyclic) bond motifs is 5. The highest BCUT2D eigenvalue weighted by atomic mass is 32.2. The van der Waals surface area contributed by atoms with Crippen molar-refractivity contribution in [2.24, 2.45) is 5.92 Å². The Morgan fingerprint density at radius 3 is 2.83 bits per heavy atom. The van der Waals surface area contributed by atoms with E-state index in [9.17, 15) is 9.59 Å². The number of thiazole rings is 1. The molecule has 2 aliphatic heterocycles. The van der Waals surface area contributed by atoms with Gasteiger partial charge in [0.05, 0.1) is 11.4 Å². The van der Waals surface area contributed by atoms with E-state index in [1.807, 2.05) is 34.2 Å². The molecule has 2 aromatic heterocycles. The van der Waals surface area contributed by atoms with Crippen LogP contribution in [0.5, 0.6) is 0 Å². The summed E-state index contributed by atoms with van der Waals surface area (Å²) in [5, 5.41) is 7.80. The minimum Gasteiger partial charge on any atom is -0.356 e. The number of hydrogen-bond acceptors (Lipinski definition) is 6. The van der Waals surface area contributed by atoms with Crippen LogP contribution in [0.25, 0.3) is 22.0 Å². The standard InChI is InChI=1S/C27H24N4O2S3/c32-24(29-26-28-22(15-35-26)21-8-3-6-18-5-1-2-7-20(18)21)16-36-27(34)30-12-17-11-19(14-30)23-9-4-10-25(33)31(23)13-17/h1-10,15,17,19H,11-14,16H2,(H,28,29,32)/t17-,19+/m1/s1. The lowest BCUT2D eigenvalue weighted by Gasteiger charge is -2.43. The molecule has 2 bridgehead atoms. The summed E-state index contributed by atoms with van der Waals surface area (Å²) in [7, 11) is 0. The highest BCUT2D eigenvalue weighted by Gasteiger charge is 2.35. The number of carbonyl (C=O) groups excluding carboxylic acids is 1. The molecule has 4 heterocycles. The fourth-order valence-electron chi connectivity index (χ4n) is 5.32. The van der Waals surface area contributed by atoms with Crippen molar-refractivity contribution in [3.8, 4) is 11.3 Å². The summed E-state index contributed by atoms with van der Waals surface area (Å²) in [5.74, 6) is 0.813. The van der Waals surface area contributed by atoms with Crippen molar-refractivity contribution in [1.29, 1.82) is 0 Å². The fraction of sp³-hybridized carbons (Fsp3) is 0.259. The third-order valence-electron chi connectivity index (χ3n) is 6.88. The summed E-state index contributed by atoms with van der Waals surface area (Å²) in [5.41, 5.74) is 3.09. The number of thioether (sulfide) groups is 1. The maximum atomic E-state index is 12.7. The van der Waals surface area contributed by atoms with Gasteiger partial charge in [0.25, 0.3) is 5.56 Å². The van der Waals surface area contributed by atoms with Crippen molar-refractivity contribution >= 4 is 61.4 Å². The maximum Gasteiger partial charge on any atom is 0.250 e. The lowest BCUT2D eigenvalue weighted by Crippen LogP contribution is -2.48. The monoisotopic (exact) mass is 532 g/mol. The number of pyridine rings is 1. The van der Waals surface area contributed by atoms with Crippen molar-refractivity contribution in [2.75, 3.05) is 24.2 Å². The van der Waals surface area contributed by atoms with E-state index in [0.717, 1.165) is 58.1 Å². The second-order valence-corrected chi connectivity index (χ2v) is 11.7. The predicted octanol–water partition coefficient (Wildman–Crippen LogP) is 5.20. The number of anilines is 1. The first-order valence-corrected chi connectivity index (χ1v) is 14.2. The van der Waals surface area contributed by atoms with E-state index >= 15 is 0 Å². The molecule has 4 aromatic rings. The first kappa shape index (κ1) is 23.4. The average molecular weight is 533 g/mol. The average Bonchev–Trinajstić information content (AvgIpc) is 3.35. The van der Waals surface area contributed by atoms with Crippen LogP contribution < -0.4 is 10.9 Å². The molecule has 1 saturated heterocycles. The van der Waals surface area contributed by atoms with Crippen LogP contribution in [-0.4, -0.2) is 43.5 Å². The maximum absolute atomic E-state index is 12.7. The molecule has 182 valence electrons. The van der Waals surface area contributed by atoms with Crippen molar-refractivity contribution in [2.45, 2.75) is 18.9 Å². The van der Waals surface area contributed by atoms with Gasteiger partial charge >= 0.3 is 0 Å². The minimum atomic E-state index is -0.115. The molecule has 2 aromatic carbocycles. The first-order valence-electron chi connectivity index (χ1n) is 11.9. The molecule has 6 nitrogen and oxygen atoms in total. The van der Waals surface area contributed by atoms with Gasteiger partial charge in [-0.25, -0.2) is 4.98 Å². The Hall–Kier alpha value is -3.01. The number of benzene rings is 2. The molecule has 6 rings (SSSR count). The van der Waals surface area contributed by atoms with Gasteiger partial charge in [0, 0.05) is 48.3 Å². The molecule has 1 amide bonds. The molecule has 0 saturated carbocycles. The number of likely N-dealkylation sites (tertiary alicyclic amines) is 1. The second kappa shape index (κ2) is 9.80. The molecule has 0 radical (unpaired) electrons. The van der Waals surface area contributed by atoms with Gasteiger partial charge in [-0.3, -0.25) is 9.59 Å². The number of rotatable bonds is 4. The van der Waals surface area contributed by atoms with Crippen LogP contribution in [0.1, 0.15) is 18.0 Å². The zero-order chi connectivity index (χ0) is 24.6. The Morgan fingerprint density at radius 1 is 1.08 bits per heavy atom. The number of aromatic nitrogens is 2. The van der Waals surface area contributed by atoms with Crippen LogP contribution in [0.15, 0.2) is 70.8 Å². The molecule has 0 aliphatic carbocycles. The summed E-state index contributed by atoms with van der Waals surface area (Å²) in [6.45, 7) is 2.35. The van der Waals surface area contributed by atoms with Crippen molar-refractivity contribution < 1.29 is 4.79 Å². The third kappa shape index (κ3) is 4.58. The summed E-state index contributed by atoms with van der Waals surface area (Å²) in [6, 6.07) is 19.9. The number of piperidine rings is 1. The van der Waals surface area contributed by atoms with E-state index in [1.54, 1.807) is 6.07 Å². The number of nitrogens with one attached hydrogen (secondary N) is 1. The molecule has 1 N–H and O–H groups in total. The number of amides is 1. The highest BCUT2D eigenvalue weighted by Crippen LogP contribution is 2.36. The van der Waals surface area contributed by atoms with Gasteiger partial charge in [-0.2, -0.15) is 0 Å². The van der Waals surface area contributed by atoms with Crippen LogP contribution in [0.2, 0.25) is 0 Å². The Bertz CT molecular complexity index is 1520. The SMILES string of the molecule is O=C(CSC(=S)N1C[C@H]2C[C@@H](C1)c1cccc(=O)n1C2)Nc1nc(-c2cccc3ccccc23)cs1. The Labute approximate surface area is 222 Å². The molecular formula is C27H24N4O2S3.